The van der Waals surface area contributed by atoms with Crippen LogP contribution in [-0.4, -0.2) is 51.5 Å². The van der Waals surface area contributed by atoms with Gasteiger partial charge in [0.1, 0.15) is 0 Å². The van der Waals surface area contributed by atoms with Gasteiger partial charge in [0, 0.05) is 43.1 Å². The number of anilines is 1. The van der Waals surface area contributed by atoms with Crippen LogP contribution in [-0.2, 0) is 14.8 Å². The van der Waals surface area contributed by atoms with E-state index in [1.807, 2.05) is 12.1 Å². The summed E-state index contributed by atoms with van der Waals surface area (Å²) < 4.78 is 32.7. The molecule has 0 aromatic carbocycles. The molecule has 1 aliphatic heterocycles. The van der Waals surface area contributed by atoms with Crippen molar-refractivity contribution in [1.29, 1.82) is 0 Å². The number of aromatic nitrogens is 1. The second-order valence-corrected chi connectivity index (χ2v) is 9.86. The summed E-state index contributed by atoms with van der Waals surface area (Å²) in [5.41, 5.74) is 1.14. The minimum atomic E-state index is -3.23. The average molecular weight is 396 g/mol. The molecule has 1 saturated carbocycles. The van der Waals surface area contributed by atoms with Gasteiger partial charge in [-0.3, -0.25) is 4.98 Å². The van der Waals surface area contributed by atoms with Crippen molar-refractivity contribution in [2.75, 3.05) is 30.9 Å². The standard InChI is InChI=1S/C20H33N3O3S/c1-3-16-4-6-19(7-5-16)26-15-17-14-23(18-8-11-21-12-9-18)13-10-20(17)22-27(2,24)25/h8-9,11-12,16-17,19-20,22H,3-7,10,13-15H2,1-2H3/t16-,17?,19+,20?. The van der Waals surface area contributed by atoms with Gasteiger partial charge < -0.3 is 9.64 Å². The molecule has 27 heavy (non-hydrogen) atoms. The molecule has 1 saturated heterocycles. The van der Waals surface area contributed by atoms with E-state index in [9.17, 15) is 8.42 Å². The predicted molar refractivity (Wildman–Crippen MR) is 108 cm³/mol. The van der Waals surface area contributed by atoms with Gasteiger partial charge >= 0.3 is 0 Å². The normalized spacial score (nSPS) is 29.6. The first kappa shape index (κ1) is 20.6. The van der Waals surface area contributed by atoms with Crippen molar-refractivity contribution in [3.63, 3.8) is 0 Å². The summed E-state index contributed by atoms with van der Waals surface area (Å²) in [4.78, 5) is 6.40. The first-order valence-corrected chi connectivity index (χ1v) is 12.1. The second-order valence-electron chi connectivity index (χ2n) is 8.08. The van der Waals surface area contributed by atoms with Crippen LogP contribution in [0.4, 0.5) is 5.69 Å². The Morgan fingerprint density at radius 3 is 2.52 bits per heavy atom. The molecule has 2 atom stereocenters. The van der Waals surface area contributed by atoms with Gasteiger partial charge in [-0.15, -0.1) is 0 Å². The van der Waals surface area contributed by atoms with E-state index < -0.39 is 10.0 Å². The van der Waals surface area contributed by atoms with Crippen LogP contribution in [0.2, 0.25) is 0 Å². The van der Waals surface area contributed by atoms with Crippen LogP contribution in [0.1, 0.15) is 45.4 Å². The van der Waals surface area contributed by atoms with Crippen LogP contribution in [0.25, 0.3) is 0 Å². The van der Waals surface area contributed by atoms with Crippen molar-refractivity contribution >= 4 is 15.7 Å². The van der Waals surface area contributed by atoms with Crippen LogP contribution >= 0.6 is 0 Å². The number of pyridine rings is 1. The van der Waals surface area contributed by atoms with Gasteiger partial charge in [0.25, 0.3) is 0 Å². The fourth-order valence-electron chi connectivity index (χ4n) is 4.39. The lowest BCUT2D eigenvalue weighted by atomic mass is 9.85. The fourth-order valence-corrected chi connectivity index (χ4v) is 5.25. The molecule has 1 aliphatic carbocycles. The molecule has 2 unspecified atom stereocenters. The monoisotopic (exact) mass is 395 g/mol. The van der Waals surface area contributed by atoms with Crippen molar-refractivity contribution in [1.82, 2.24) is 9.71 Å². The Morgan fingerprint density at radius 1 is 1.19 bits per heavy atom. The van der Waals surface area contributed by atoms with Gasteiger partial charge in [0.05, 0.1) is 19.0 Å². The van der Waals surface area contributed by atoms with Gasteiger partial charge in [-0.1, -0.05) is 13.3 Å². The molecule has 3 rings (SSSR count). The van der Waals surface area contributed by atoms with E-state index in [0.29, 0.717) is 12.7 Å². The van der Waals surface area contributed by atoms with Gasteiger partial charge in [-0.05, 0) is 50.2 Å². The van der Waals surface area contributed by atoms with Crippen LogP contribution in [0.3, 0.4) is 0 Å². The maximum Gasteiger partial charge on any atom is 0.208 e. The number of hydrogen-bond donors (Lipinski definition) is 1. The molecule has 1 aromatic rings. The number of nitrogens with one attached hydrogen (secondary N) is 1. The number of piperidine rings is 1. The summed E-state index contributed by atoms with van der Waals surface area (Å²) in [6, 6.07) is 3.95. The topological polar surface area (TPSA) is 71.5 Å². The molecule has 2 aliphatic rings. The molecule has 6 nitrogen and oxygen atoms in total. The van der Waals surface area contributed by atoms with E-state index >= 15 is 0 Å². The summed E-state index contributed by atoms with van der Waals surface area (Å²) in [6.45, 7) is 4.50. The highest BCUT2D eigenvalue weighted by Crippen LogP contribution is 2.30. The molecule has 7 heteroatoms. The number of rotatable bonds is 7. The smallest absolute Gasteiger partial charge is 0.208 e. The minimum absolute atomic E-state index is 0.0648. The number of nitrogens with zero attached hydrogens (tertiary/aromatic N) is 2. The molecule has 1 aromatic heterocycles. The first-order chi connectivity index (χ1) is 12.9. The first-order valence-electron chi connectivity index (χ1n) is 10.2. The third-order valence-electron chi connectivity index (χ3n) is 6.04. The number of hydrogen-bond acceptors (Lipinski definition) is 5. The van der Waals surface area contributed by atoms with Gasteiger partial charge in [-0.2, -0.15) is 0 Å². The molecule has 0 amide bonds. The Hall–Kier alpha value is -1.18. The highest BCUT2D eigenvalue weighted by molar-refractivity contribution is 7.88. The van der Waals surface area contributed by atoms with Crippen molar-refractivity contribution in [3.05, 3.63) is 24.5 Å². The zero-order valence-corrected chi connectivity index (χ0v) is 17.3. The Morgan fingerprint density at radius 2 is 1.89 bits per heavy atom. The predicted octanol–water partition coefficient (Wildman–Crippen LogP) is 2.81. The largest absolute Gasteiger partial charge is 0.378 e. The lowest BCUT2D eigenvalue weighted by molar-refractivity contribution is -0.00738. The maximum absolute atomic E-state index is 11.8. The summed E-state index contributed by atoms with van der Waals surface area (Å²) in [5.74, 6) is 0.993. The Kier molecular flexibility index (Phi) is 7.11. The molecular weight excluding hydrogens is 362 g/mol. The van der Waals surface area contributed by atoms with Crippen molar-refractivity contribution in [3.8, 4) is 0 Å². The Balaban J connectivity index is 1.61. The summed E-state index contributed by atoms with van der Waals surface area (Å²) in [6.07, 6.45) is 12.0. The zero-order valence-electron chi connectivity index (χ0n) is 16.5. The molecule has 152 valence electrons. The molecule has 0 spiro atoms. The third-order valence-corrected chi connectivity index (χ3v) is 6.78. The Labute approximate surface area is 163 Å². The molecule has 2 fully saturated rings. The van der Waals surface area contributed by atoms with Gasteiger partial charge in [0.15, 0.2) is 0 Å². The lowest BCUT2D eigenvalue weighted by Gasteiger charge is -2.40. The Bertz CT molecular complexity index is 675. The highest BCUT2D eigenvalue weighted by atomic mass is 32.2. The maximum atomic E-state index is 11.8. The lowest BCUT2D eigenvalue weighted by Crippen LogP contribution is -2.52. The van der Waals surface area contributed by atoms with E-state index in [1.54, 1.807) is 12.4 Å². The van der Waals surface area contributed by atoms with Crippen molar-refractivity contribution in [2.24, 2.45) is 11.8 Å². The summed E-state index contributed by atoms with van der Waals surface area (Å²) in [5, 5.41) is 0. The second kappa shape index (κ2) is 9.34. The van der Waals surface area contributed by atoms with Crippen LogP contribution in [0, 0.1) is 11.8 Å². The third kappa shape index (κ3) is 6.16. The summed E-state index contributed by atoms with van der Waals surface area (Å²) >= 11 is 0. The molecular formula is C20H33N3O3S. The number of ether oxygens (including phenoxy) is 1. The highest BCUT2D eigenvalue weighted by Gasteiger charge is 2.32. The molecule has 2 heterocycles. The van der Waals surface area contributed by atoms with E-state index in [4.69, 9.17) is 4.74 Å². The van der Waals surface area contributed by atoms with E-state index in [1.165, 1.54) is 25.5 Å². The molecule has 0 bridgehead atoms. The van der Waals surface area contributed by atoms with Gasteiger partial charge in [-0.25, -0.2) is 13.1 Å². The van der Waals surface area contributed by atoms with E-state index in [2.05, 4.69) is 21.5 Å². The van der Waals surface area contributed by atoms with E-state index in [0.717, 1.165) is 44.0 Å². The molecule has 0 radical (unpaired) electrons. The van der Waals surface area contributed by atoms with E-state index in [-0.39, 0.29) is 12.0 Å². The van der Waals surface area contributed by atoms with Crippen molar-refractivity contribution < 1.29 is 13.2 Å². The number of sulfonamides is 1. The average Bonchev–Trinajstić information content (AvgIpc) is 2.67. The van der Waals surface area contributed by atoms with Gasteiger partial charge in [0.2, 0.25) is 10.0 Å². The summed E-state index contributed by atoms with van der Waals surface area (Å²) in [7, 11) is -3.23. The van der Waals surface area contributed by atoms with Crippen molar-refractivity contribution in [2.45, 2.75) is 57.6 Å². The quantitative estimate of drug-likeness (QED) is 0.769. The molecule has 1 N–H and O–H groups in total. The SMILES string of the molecule is CC[C@H]1CC[C@@H](OCC2CN(c3ccncc3)CCC2NS(C)(=O)=O)CC1. The minimum Gasteiger partial charge on any atom is -0.378 e. The van der Waals surface area contributed by atoms with Crippen LogP contribution < -0.4 is 9.62 Å². The van der Waals surface area contributed by atoms with Crippen LogP contribution in [0.15, 0.2) is 24.5 Å². The zero-order chi connectivity index (χ0) is 19.3. The fraction of sp³-hybridized carbons (Fsp3) is 0.750. The van der Waals surface area contributed by atoms with Crippen LogP contribution in [0.5, 0.6) is 0 Å².